The van der Waals surface area contributed by atoms with Gasteiger partial charge in [-0.3, -0.25) is 0 Å². The van der Waals surface area contributed by atoms with Gasteiger partial charge in [0.15, 0.2) is 17.9 Å². The zero-order chi connectivity index (χ0) is 24.6. The van der Waals surface area contributed by atoms with Crippen molar-refractivity contribution in [1.29, 1.82) is 0 Å². The van der Waals surface area contributed by atoms with Gasteiger partial charge in [-0.2, -0.15) is 22.0 Å². The highest BCUT2D eigenvalue weighted by atomic mass is 19.4. The fourth-order valence-electron chi connectivity index (χ4n) is 3.13. The minimum atomic E-state index is -5.43. The van der Waals surface area contributed by atoms with E-state index in [9.17, 15) is 39.5 Å². The van der Waals surface area contributed by atoms with E-state index >= 15 is 0 Å². The summed E-state index contributed by atoms with van der Waals surface area (Å²) in [6.07, 6.45) is -8.00. The molecule has 0 amide bonds. The molecule has 1 heterocycles. The van der Waals surface area contributed by atoms with E-state index in [-0.39, 0.29) is 31.3 Å². The highest BCUT2D eigenvalue weighted by Gasteiger charge is 2.42. The molecule has 0 aliphatic carbocycles. The lowest BCUT2D eigenvalue weighted by Crippen LogP contribution is -2.28. The van der Waals surface area contributed by atoms with E-state index in [2.05, 4.69) is 4.74 Å². The van der Waals surface area contributed by atoms with Crippen LogP contribution in [0.1, 0.15) is 29.9 Å². The molecule has 1 aliphatic rings. The quantitative estimate of drug-likeness (QED) is 0.351. The Labute approximate surface area is 181 Å². The molecule has 1 aliphatic heterocycles. The fourth-order valence-corrected chi connectivity index (χ4v) is 3.13. The van der Waals surface area contributed by atoms with E-state index in [4.69, 9.17) is 9.47 Å². The summed E-state index contributed by atoms with van der Waals surface area (Å²) in [6, 6.07) is 0.898. The van der Waals surface area contributed by atoms with Crippen LogP contribution in [0.15, 0.2) is 36.4 Å². The highest BCUT2D eigenvalue weighted by molar-refractivity contribution is 5.34. The van der Waals surface area contributed by atoms with Crippen LogP contribution in [0.5, 0.6) is 5.75 Å². The predicted octanol–water partition coefficient (Wildman–Crippen LogP) is 6.63. The van der Waals surface area contributed by atoms with Crippen molar-refractivity contribution in [3.8, 4) is 5.75 Å². The second-order valence-corrected chi connectivity index (χ2v) is 6.99. The number of alkyl halides is 5. The van der Waals surface area contributed by atoms with Crippen molar-refractivity contribution in [3.63, 3.8) is 0 Å². The van der Waals surface area contributed by atoms with Crippen LogP contribution in [0.2, 0.25) is 0 Å². The number of benzene rings is 2. The third-order valence-corrected chi connectivity index (χ3v) is 4.61. The Kier molecular flexibility index (Phi) is 6.99. The highest BCUT2D eigenvalue weighted by Crippen LogP contribution is 2.40. The first-order chi connectivity index (χ1) is 15.3. The van der Waals surface area contributed by atoms with Crippen molar-refractivity contribution in [3.05, 3.63) is 76.4 Å². The van der Waals surface area contributed by atoms with E-state index in [0.29, 0.717) is 6.07 Å². The predicted molar refractivity (Wildman–Crippen MR) is 95.2 cm³/mol. The maximum absolute atomic E-state index is 14.5. The van der Waals surface area contributed by atoms with Crippen LogP contribution in [0.3, 0.4) is 0 Å². The molecule has 0 saturated carbocycles. The molecule has 3 rings (SSSR count). The molecule has 0 N–H and O–H groups in total. The monoisotopic (exact) mass is 486 g/mol. The first-order valence-corrected chi connectivity index (χ1v) is 9.32. The lowest BCUT2D eigenvalue weighted by atomic mass is 10.1. The average Bonchev–Trinajstić information content (AvgIpc) is 2.69. The second-order valence-electron chi connectivity index (χ2n) is 6.99. The number of rotatable bonds is 5. The summed E-state index contributed by atoms with van der Waals surface area (Å²) < 4.78 is 137. The third-order valence-electron chi connectivity index (χ3n) is 4.61. The lowest BCUT2D eigenvalue weighted by Gasteiger charge is -2.29. The van der Waals surface area contributed by atoms with Gasteiger partial charge in [-0.25, -0.2) is 17.6 Å². The molecule has 180 valence electrons. The number of ether oxygens (including phenoxy) is 3. The van der Waals surface area contributed by atoms with Crippen LogP contribution in [0, 0.1) is 29.2 Å². The van der Waals surface area contributed by atoms with Gasteiger partial charge in [0.25, 0.3) is 0 Å². The van der Waals surface area contributed by atoms with Gasteiger partial charge in [-0.15, -0.1) is 0 Å². The van der Waals surface area contributed by atoms with Crippen molar-refractivity contribution in [2.24, 2.45) is 5.92 Å². The summed E-state index contributed by atoms with van der Waals surface area (Å²) in [5, 5.41) is 0. The Hall–Kier alpha value is -2.73. The van der Waals surface area contributed by atoms with E-state index in [1.807, 2.05) is 0 Å². The molecule has 0 unspecified atom stereocenters. The van der Waals surface area contributed by atoms with Gasteiger partial charge >= 0.3 is 12.3 Å². The molecule has 0 aromatic heterocycles. The summed E-state index contributed by atoms with van der Waals surface area (Å²) in [5.41, 5.74) is -4.49. The Morgan fingerprint density at radius 1 is 0.909 bits per heavy atom. The van der Waals surface area contributed by atoms with Crippen LogP contribution >= 0.6 is 0 Å². The molecule has 0 atom stereocenters. The first-order valence-electron chi connectivity index (χ1n) is 9.32. The first kappa shape index (κ1) is 24.9. The van der Waals surface area contributed by atoms with Gasteiger partial charge in [0.05, 0.1) is 13.2 Å². The van der Waals surface area contributed by atoms with Gasteiger partial charge in [0, 0.05) is 23.6 Å². The summed E-state index contributed by atoms with van der Waals surface area (Å²) in [6.45, 7) is 1.96. The van der Waals surface area contributed by atoms with Gasteiger partial charge in [-0.05, 0) is 13.0 Å². The van der Waals surface area contributed by atoms with Crippen molar-refractivity contribution < 1.29 is 53.7 Å². The fraction of sp³-hybridized carbons (Fsp3) is 0.333. The molecule has 0 radical (unpaired) electrons. The molecule has 3 nitrogen and oxygen atoms in total. The topological polar surface area (TPSA) is 27.7 Å². The maximum Gasteiger partial charge on any atom is 0.429 e. The molecule has 0 spiro atoms. The normalized spacial score (nSPS) is 19.8. The SMILES string of the molecule is CC=CC1COC(c2ccc(C(F)(F)Oc3cc(F)c(C(F)(F)F)c(F)c3)c(F)c2F)OC1. The van der Waals surface area contributed by atoms with Crippen molar-refractivity contribution in [2.45, 2.75) is 25.5 Å². The minimum absolute atomic E-state index is 0.0993. The summed E-state index contributed by atoms with van der Waals surface area (Å²) in [5.74, 6) is -9.76. The Morgan fingerprint density at radius 2 is 1.48 bits per heavy atom. The maximum atomic E-state index is 14.5. The molecule has 2 aromatic carbocycles. The van der Waals surface area contributed by atoms with Crippen LogP contribution < -0.4 is 4.74 Å². The molecular formula is C21H15F9O3. The van der Waals surface area contributed by atoms with Gasteiger partial charge in [-0.1, -0.05) is 18.2 Å². The van der Waals surface area contributed by atoms with Crippen LogP contribution in [-0.4, -0.2) is 13.2 Å². The molecule has 0 bridgehead atoms. The van der Waals surface area contributed by atoms with E-state index < -0.39 is 64.3 Å². The molecule has 33 heavy (non-hydrogen) atoms. The molecule has 1 fully saturated rings. The minimum Gasteiger partial charge on any atom is -0.429 e. The number of hydrogen-bond donors (Lipinski definition) is 0. The Balaban J connectivity index is 1.85. The molecular weight excluding hydrogens is 471 g/mol. The van der Waals surface area contributed by atoms with Gasteiger partial charge in [0.1, 0.15) is 28.5 Å². The van der Waals surface area contributed by atoms with E-state index in [1.54, 1.807) is 19.1 Å². The smallest absolute Gasteiger partial charge is 0.429 e. The average molecular weight is 486 g/mol. The van der Waals surface area contributed by atoms with Crippen LogP contribution in [0.4, 0.5) is 39.5 Å². The van der Waals surface area contributed by atoms with E-state index in [0.717, 1.165) is 6.07 Å². The van der Waals surface area contributed by atoms with Gasteiger partial charge < -0.3 is 14.2 Å². The van der Waals surface area contributed by atoms with Gasteiger partial charge in [0.2, 0.25) is 0 Å². The van der Waals surface area contributed by atoms with Crippen molar-refractivity contribution in [1.82, 2.24) is 0 Å². The zero-order valence-corrected chi connectivity index (χ0v) is 16.7. The van der Waals surface area contributed by atoms with Crippen LogP contribution in [-0.2, 0) is 21.8 Å². The standard InChI is InChI=1S/C21H15F9O3/c1-2-3-10-8-31-19(32-9-10)12-4-5-13(18(25)17(12)24)21(29,30)33-11-6-14(22)16(15(23)7-11)20(26,27)28/h2-7,10,19H,8-9H2,1H3. The van der Waals surface area contributed by atoms with Crippen LogP contribution in [0.25, 0.3) is 0 Å². The van der Waals surface area contributed by atoms with Crippen molar-refractivity contribution >= 4 is 0 Å². The Bertz CT molecular complexity index is 1020. The third kappa shape index (κ3) is 5.27. The summed E-state index contributed by atoms with van der Waals surface area (Å²) in [7, 11) is 0. The summed E-state index contributed by atoms with van der Waals surface area (Å²) >= 11 is 0. The zero-order valence-electron chi connectivity index (χ0n) is 16.7. The lowest BCUT2D eigenvalue weighted by molar-refractivity contribution is -0.199. The Morgan fingerprint density at radius 3 is 2.00 bits per heavy atom. The van der Waals surface area contributed by atoms with Crippen molar-refractivity contribution in [2.75, 3.05) is 13.2 Å². The second kappa shape index (κ2) is 9.26. The number of halogens is 9. The van der Waals surface area contributed by atoms with E-state index in [1.165, 1.54) is 0 Å². The number of hydrogen-bond acceptors (Lipinski definition) is 3. The summed E-state index contributed by atoms with van der Waals surface area (Å²) in [4.78, 5) is 0. The molecule has 2 aromatic rings. The molecule has 1 saturated heterocycles. The largest absolute Gasteiger partial charge is 0.429 e. The molecule has 12 heteroatoms. The number of allylic oxidation sites excluding steroid dienone is 1.